The Morgan fingerprint density at radius 1 is 1.53 bits per heavy atom. The Balaban J connectivity index is 3.17. The average Bonchev–Trinajstić information content (AvgIpc) is 2.09. The molecule has 0 bridgehead atoms. The molecule has 1 aromatic rings. The Hall–Kier alpha value is -1.02. The number of rotatable bonds is 2. The summed E-state index contributed by atoms with van der Waals surface area (Å²) in [7, 11) is 0. The van der Waals surface area contributed by atoms with Crippen LogP contribution in [0, 0.1) is 0 Å². The highest BCUT2D eigenvalue weighted by Crippen LogP contribution is 2.30. The molecule has 0 fully saturated rings. The van der Waals surface area contributed by atoms with Crippen LogP contribution in [-0.2, 0) is 6.54 Å². The van der Waals surface area contributed by atoms with Gasteiger partial charge in [0.05, 0.1) is 4.47 Å². The van der Waals surface area contributed by atoms with E-state index < -0.39 is 17.7 Å². The van der Waals surface area contributed by atoms with Gasteiger partial charge in [0.15, 0.2) is 5.75 Å². The Kier molecular flexibility index (Phi) is 3.40. The van der Waals surface area contributed by atoms with Gasteiger partial charge in [0.1, 0.15) is 0 Å². The van der Waals surface area contributed by atoms with Crippen molar-refractivity contribution in [3.05, 3.63) is 26.6 Å². The molecule has 0 atom stereocenters. The molecule has 0 saturated carbocycles. The summed E-state index contributed by atoms with van der Waals surface area (Å²) in [6.07, 6.45) is -3.99. The number of aromatic nitrogens is 1. The van der Waals surface area contributed by atoms with Crippen LogP contribution in [0.1, 0.15) is 5.56 Å². The fourth-order valence-electron chi connectivity index (χ4n) is 0.911. The number of nitrogens with one attached hydrogen (secondary N) is 1. The van der Waals surface area contributed by atoms with E-state index in [0.717, 1.165) is 6.20 Å². The maximum absolute atomic E-state index is 11.9. The van der Waals surface area contributed by atoms with Crippen LogP contribution in [0.5, 0.6) is 5.75 Å². The van der Waals surface area contributed by atoms with Crippen LogP contribution in [0.4, 0.5) is 13.2 Å². The molecule has 0 saturated heterocycles. The maximum atomic E-state index is 11.9. The Labute approximate surface area is 90.4 Å². The minimum atomic E-state index is -4.81. The number of nitrogens with two attached hydrogens (primary N) is 1. The number of halogens is 4. The lowest BCUT2D eigenvalue weighted by atomic mass is 10.3. The van der Waals surface area contributed by atoms with Gasteiger partial charge in [0.25, 0.3) is 5.56 Å². The summed E-state index contributed by atoms with van der Waals surface area (Å²) in [4.78, 5) is 13.2. The van der Waals surface area contributed by atoms with Crippen LogP contribution in [-0.4, -0.2) is 11.3 Å². The lowest BCUT2D eigenvalue weighted by molar-refractivity contribution is -0.275. The second kappa shape index (κ2) is 4.23. The molecule has 3 N–H and O–H groups in total. The number of H-pyrrole nitrogens is 1. The molecule has 8 heteroatoms. The third kappa shape index (κ3) is 2.96. The number of pyridine rings is 1. The maximum Gasteiger partial charge on any atom is 0.573 e. The Morgan fingerprint density at radius 3 is 2.60 bits per heavy atom. The van der Waals surface area contributed by atoms with Crippen molar-refractivity contribution in [1.82, 2.24) is 4.98 Å². The van der Waals surface area contributed by atoms with E-state index >= 15 is 0 Å². The van der Waals surface area contributed by atoms with E-state index in [-0.39, 0.29) is 16.6 Å². The van der Waals surface area contributed by atoms with Gasteiger partial charge in [-0.3, -0.25) is 4.79 Å². The molecule has 4 nitrogen and oxygen atoms in total. The summed E-state index contributed by atoms with van der Waals surface area (Å²) in [5, 5.41) is 0. The summed E-state index contributed by atoms with van der Waals surface area (Å²) in [6, 6.07) is 0. The molecule has 84 valence electrons. The SMILES string of the molecule is NCc1c(Br)c(OC(F)(F)F)c[nH]c1=O. The molecule has 0 spiro atoms. The molecule has 0 aliphatic heterocycles. The van der Waals surface area contributed by atoms with Crippen LogP contribution >= 0.6 is 15.9 Å². The topological polar surface area (TPSA) is 68.1 Å². The Bertz CT molecular complexity index is 416. The summed E-state index contributed by atoms with van der Waals surface area (Å²) < 4.78 is 39.2. The molecule has 15 heavy (non-hydrogen) atoms. The highest BCUT2D eigenvalue weighted by Gasteiger charge is 2.32. The molecular formula is C7H6BrF3N2O2. The zero-order valence-corrected chi connectivity index (χ0v) is 8.78. The fourth-order valence-corrected chi connectivity index (χ4v) is 1.45. The van der Waals surface area contributed by atoms with Crippen molar-refractivity contribution in [2.45, 2.75) is 12.9 Å². The third-order valence-corrected chi connectivity index (χ3v) is 2.39. The average molecular weight is 287 g/mol. The van der Waals surface area contributed by atoms with E-state index in [2.05, 4.69) is 25.7 Å². The second-order valence-corrected chi connectivity index (χ2v) is 3.32. The van der Waals surface area contributed by atoms with Gasteiger partial charge in [0, 0.05) is 18.3 Å². The minimum absolute atomic E-state index is 0.00301. The zero-order chi connectivity index (χ0) is 11.6. The summed E-state index contributed by atoms with van der Waals surface area (Å²) >= 11 is 2.82. The van der Waals surface area contributed by atoms with Crippen molar-refractivity contribution in [1.29, 1.82) is 0 Å². The normalized spacial score (nSPS) is 11.5. The first-order valence-electron chi connectivity index (χ1n) is 3.71. The summed E-state index contributed by atoms with van der Waals surface area (Å²) in [6.45, 7) is -0.190. The number of aromatic amines is 1. The lowest BCUT2D eigenvalue weighted by Gasteiger charge is -2.11. The first-order chi connectivity index (χ1) is 6.85. The van der Waals surface area contributed by atoms with Gasteiger partial charge < -0.3 is 15.5 Å². The van der Waals surface area contributed by atoms with Crippen molar-refractivity contribution < 1.29 is 17.9 Å². The molecule has 0 amide bonds. The fraction of sp³-hybridized carbons (Fsp3) is 0.286. The lowest BCUT2D eigenvalue weighted by Crippen LogP contribution is -2.21. The molecule has 0 aliphatic carbocycles. The van der Waals surface area contributed by atoms with E-state index in [4.69, 9.17) is 5.73 Å². The van der Waals surface area contributed by atoms with E-state index in [1.54, 1.807) is 0 Å². The van der Waals surface area contributed by atoms with Crippen LogP contribution in [0.3, 0.4) is 0 Å². The first kappa shape index (κ1) is 12.1. The first-order valence-corrected chi connectivity index (χ1v) is 4.50. The van der Waals surface area contributed by atoms with Gasteiger partial charge in [-0.05, 0) is 15.9 Å². The van der Waals surface area contributed by atoms with E-state index in [1.807, 2.05) is 0 Å². The minimum Gasteiger partial charge on any atom is -0.403 e. The molecule has 1 aromatic heterocycles. The van der Waals surface area contributed by atoms with Gasteiger partial charge in [-0.15, -0.1) is 13.2 Å². The summed E-state index contributed by atoms with van der Waals surface area (Å²) in [5.74, 6) is -0.525. The predicted octanol–water partition coefficient (Wildman–Crippen LogP) is 1.49. The van der Waals surface area contributed by atoms with E-state index in [1.165, 1.54) is 0 Å². The number of hydrogen-bond donors (Lipinski definition) is 2. The largest absolute Gasteiger partial charge is 0.573 e. The standard InChI is InChI=1S/C7H6BrF3N2O2/c8-5-3(1-12)6(14)13-2-4(5)15-7(9,10)11/h2H,1,12H2,(H,13,14). The Morgan fingerprint density at radius 2 is 2.13 bits per heavy atom. The van der Waals surface area contributed by atoms with Crippen molar-refractivity contribution in [3.8, 4) is 5.75 Å². The quantitative estimate of drug-likeness (QED) is 0.866. The van der Waals surface area contributed by atoms with Gasteiger partial charge in [0.2, 0.25) is 0 Å². The van der Waals surface area contributed by atoms with Gasteiger partial charge in [-0.2, -0.15) is 0 Å². The highest BCUT2D eigenvalue weighted by molar-refractivity contribution is 9.10. The van der Waals surface area contributed by atoms with Crippen LogP contribution in [0.25, 0.3) is 0 Å². The molecule has 0 aromatic carbocycles. The van der Waals surface area contributed by atoms with E-state index in [9.17, 15) is 18.0 Å². The van der Waals surface area contributed by atoms with Crippen molar-refractivity contribution in [3.63, 3.8) is 0 Å². The number of hydrogen-bond acceptors (Lipinski definition) is 3. The molecule has 0 radical (unpaired) electrons. The number of alkyl halides is 3. The van der Waals surface area contributed by atoms with Crippen molar-refractivity contribution in [2.24, 2.45) is 5.73 Å². The van der Waals surface area contributed by atoms with Crippen LogP contribution < -0.4 is 16.0 Å². The monoisotopic (exact) mass is 286 g/mol. The molecule has 1 heterocycles. The van der Waals surface area contributed by atoms with E-state index in [0.29, 0.717) is 0 Å². The zero-order valence-electron chi connectivity index (χ0n) is 7.19. The molecular weight excluding hydrogens is 281 g/mol. The molecule has 1 rings (SSSR count). The number of ether oxygens (including phenoxy) is 1. The van der Waals surface area contributed by atoms with Gasteiger partial charge >= 0.3 is 6.36 Å². The smallest absolute Gasteiger partial charge is 0.403 e. The highest BCUT2D eigenvalue weighted by atomic mass is 79.9. The predicted molar refractivity (Wildman–Crippen MR) is 49.3 cm³/mol. The second-order valence-electron chi connectivity index (χ2n) is 2.53. The van der Waals surface area contributed by atoms with Gasteiger partial charge in [-0.1, -0.05) is 0 Å². The van der Waals surface area contributed by atoms with Gasteiger partial charge in [-0.25, -0.2) is 0 Å². The van der Waals surface area contributed by atoms with Crippen molar-refractivity contribution in [2.75, 3.05) is 0 Å². The summed E-state index contributed by atoms with van der Waals surface area (Å²) in [5.41, 5.74) is 4.64. The van der Waals surface area contributed by atoms with Crippen LogP contribution in [0.2, 0.25) is 0 Å². The van der Waals surface area contributed by atoms with Crippen molar-refractivity contribution >= 4 is 15.9 Å². The third-order valence-electron chi connectivity index (χ3n) is 1.52. The molecule has 0 unspecified atom stereocenters. The molecule has 0 aliphatic rings. The van der Waals surface area contributed by atoms with Crippen LogP contribution in [0.15, 0.2) is 15.5 Å².